The van der Waals surface area contributed by atoms with Crippen molar-refractivity contribution >= 4 is 5.91 Å². The molecule has 6 heteroatoms. The van der Waals surface area contributed by atoms with E-state index in [1.165, 1.54) is 18.4 Å². The average molecular weight is 299 g/mol. The van der Waals surface area contributed by atoms with Gasteiger partial charge in [-0.05, 0) is 35.3 Å². The summed E-state index contributed by atoms with van der Waals surface area (Å²) in [5.41, 5.74) is 1.17. The molecule has 1 fully saturated rings. The fourth-order valence-electron chi connectivity index (χ4n) is 2.93. The van der Waals surface area contributed by atoms with Crippen molar-refractivity contribution in [3.05, 3.63) is 41.7 Å². The van der Waals surface area contributed by atoms with Gasteiger partial charge in [0.2, 0.25) is 5.91 Å². The summed E-state index contributed by atoms with van der Waals surface area (Å²) in [4.78, 5) is 12.0. The van der Waals surface area contributed by atoms with Gasteiger partial charge < -0.3 is 5.32 Å². The lowest BCUT2D eigenvalue weighted by atomic mass is 10.1. The number of amides is 1. The molecule has 1 aliphatic rings. The molecular weight excluding hydrogens is 278 g/mol. The Balaban J connectivity index is 1.48. The van der Waals surface area contributed by atoms with E-state index in [0.717, 1.165) is 25.1 Å². The number of carbonyl (C=O) groups excluding carboxylic acids is 1. The summed E-state index contributed by atoms with van der Waals surface area (Å²) < 4.78 is 1.88. The van der Waals surface area contributed by atoms with E-state index in [0.29, 0.717) is 19.0 Å². The van der Waals surface area contributed by atoms with Gasteiger partial charge in [0.15, 0.2) is 5.82 Å². The average Bonchev–Trinajstić information content (AvgIpc) is 3.22. The summed E-state index contributed by atoms with van der Waals surface area (Å²) in [5, 5.41) is 14.8. The number of aromatic nitrogens is 4. The second-order valence-corrected chi connectivity index (χ2v) is 5.74. The number of rotatable bonds is 6. The van der Waals surface area contributed by atoms with E-state index in [-0.39, 0.29) is 5.91 Å². The molecule has 1 N–H and O–H groups in total. The fourth-order valence-corrected chi connectivity index (χ4v) is 2.93. The first kappa shape index (κ1) is 14.7. The van der Waals surface area contributed by atoms with Gasteiger partial charge in [-0.1, -0.05) is 43.2 Å². The van der Waals surface area contributed by atoms with Crippen molar-refractivity contribution in [1.82, 2.24) is 25.5 Å². The Morgan fingerprint density at radius 3 is 2.77 bits per heavy atom. The highest BCUT2D eigenvalue weighted by Gasteiger charge is 2.21. The Morgan fingerprint density at radius 2 is 2.00 bits per heavy atom. The van der Waals surface area contributed by atoms with Crippen LogP contribution in [0.25, 0.3) is 0 Å². The van der Waals surface area contributed by atoms with E-state index in [1.54, 1.807) is 0 Å². The van der Waals surface area contributed by atoms with Crippen LogP contribution in [0.5, 0.6) is 0 Å². The van der Waals surface area contributed by atoms with Crippen molar-refractivity contribution in [1.29, 1.82) is 0 Å². The van der Waals surface area contributed by atoms with Crippen LogP contribution in [-0.2, 0) is 17.8 Å². The quantitative estimate of drug-likeness (QED) is 0.886. The van der Waals surface area contributed by atoms with Crippen LogP contribution in [0.2, 0.25) is 0 Å². The standard InChI is InChI=1S/C16H21N5O/c22-16(11-10-13-6-2-1-3-7-13)17-12-15-18-19-20-21(15)14-8-4-5-9-14/h1-3,6-7,14H,4-5,8-12H2,(H,17,22). The summed E-state index contributed by atoms with van der Waals surface area (Å²) >= 11 is 0. The second kappa shape index (κ2) is 7.15. The molecule has 1 aromatic heterocycles. The third-order valence-electron chi connectivity index (χ3n) is 4.16. The monoisotopic (exact) mass is 299 g/mol. The van der Waals surface area contributed by atoms with E-state index in [4.69, 9.17) is 0 Å². The fraction of sp³-hybridized carbons (Fsp3) is 0.500. The van der Waals surface area contributed by atoms with Crippen molar-refractivity contribution in [2.24, 2.45) is 0 Å². The smallest absolute Gasteiger partial charge is 0.220 e. The van der Waals surface area contributed by atoms with Crippen LogP contribution >= 0.6 is 0 Å². The molecule has 116 valence electrons. The van der Waals surface area contributed by atoms with Crippen LogP contribution < -0.4 is 5.32 Å². The second-order valence-electron chi connectivity index (χ2n) is 5.74. The number of hydrogen-bond acceptors (Lipinski definition) is 4. The van der Waals surface area contributed by atoms with E-state index in [2.05, 4.69) is 20.8 Å². The molecule has 1 amide bonds. The Kier molecular flexibility index (Phi) is 4.78. The summed E-state index contributed by atoms with van der Waals surface area (Å²) in [6.07, 6.45) is 5.94. The van der Waals surface area contributed by atoms with E-state index in [1.807, 2.05) is 35.0 Å². The maximum Gasteiger partial charge on any atom is 0.220 e. The first-order valence-electron chi connectivity index (χ1n) is 7.90. The molecule has 0 spiro atoms. The molecule has 0 aliphatic heterocycles. The number of hydrogen-bond donors (Lipinski definition) is 1. The Labute approximate surface area is 129 Å². The topological polar surface area (TPSA) is 72.7 Å². The summed E-state index contributed by atoms with van der Waals surface area (Å²) in [5.74, 6) is 0.782. The molecular formula is C16H21N5O. The minimum Gasteiger partial charge on any atom is -0.349 e. The molecule has 22 heavy (non-hydrogen) atoms. The molecule has 2 aromatic rings. The molecule has 1 heterocycles. The van der Waals surface area contributed by atoms with Gasteiger partial charge in [0, 0.05) is 6.42 Å². The lowest BCUT2D eigenvalue weighted by Gasteiger charge is -2.11. The number of aryl methyl sites for hydroxylation is 1. The van der Waals surface area contributed by atoms with Crippen molar-refractivity contribution in [2.75, 3.05) is 0 Å². The predicted molar refractivity (Wildman–Crippen MR) is 81.9 cm³/mol. The summed E-state index contributed by atoms with van der Waals surface area (Å²) in [7, 11) is 0. The largest absolute Gasteiger partial charge is 0.349 e. The van der Waals surface area contributed by atoms with E-state index >= 15 is 0 Å². The first-order valence-corrected chi connectivity index (χ1v) is 7.90. The molecule has 0 atom stereocenters. The van der Waals surface area contributed by atoms with Gasteiger partial charge >= 0.3 is 0 Å². The van der Waals surface area contributed by atoms with Crippen molar-refractivity contribution in [3.8, 4) is 0 Å². The Morgan fingerprint density at radius 1 is 1.23 bits per heavy atom. The van der Waals surface area contributed by atoms with Gasteiger partial charge in [-0.15, -0.1) is 5.10 Å². The van der Waals surface area contributed by atoms with Crippen LogP contribution in [0.15, 0.2) is 30.3 Å². The molecule has 6 nitrogen and oxygen atoms in total. The van der Waals surface area contributed by atoms with Crippen LogP contribution in [0, 0.1) is 0 Å². The molecule has 0 unspecified atom stereocenters. The SMILES string of the molecule is O=C(CCc1ccccc1)NCc1nnnn1C1CCCC1. The number of carbonyl (C=O) groups is 1. The molecule has 1 aromatic carbocycles. The molecule has 1 aliphatic carbocycles. The zero-order valence-electron chi connectivity index (χ0n) is 12.6. The zero-order valence-corrected chi connectivity index (χ0v) is 12.6. The third-order valence-corrected chi connectivity index (χ3v) is 4.16. The van der Waals surface area contributed by atoms with Gasteiger partial charge in [0.05, 0.1) is 12.6 Å². The zero-order chi connectivity index (χ0) is 15.2. The first-order chi connectivity index (χ1) is 10.8. The van der Waals surface area contributed by atoms with E-state index < -0.39 is 0 Å². The van der Waals surface area contributed by atoms with Crippen molar-refractivity contribution in [3.63, 3.8) is 0 Å². The lowest BCUT2D eigenvalue weighted by Crippen LogP contribution is -2.25. The van der Waals surface area contributed by atoms with Gasteiger partial charge in [-0.25, -0.2) is 4.68 Å². The van der Waals surface area contributed by atoms with Crippen LogP contribution in [0.3, 0.4) is 0 Å². The highest BCUT2D eigenvalue weighted by molar-refractivity contribution is 5.76. The normalized spacial score (nSPS) is 15.1. The van der Waals surface area contributed by atoms with Crippen molar-refractivity contribution < 1.29 is 4.79 Å². The summed E-state index contributed by atoms with van der Waals surface area (Å²) in [6, 6.07) is 10.4. The minimum absolute atomic E-state index is 0.0322. The van der Waals surface area contributed by atoms with Gasteiger partial charge in [0.25, 0.3) is 0 Å². The molecule has 1 saturated carbocycles. The van der Waals surface area contributed by atoms with Crippen molar-refractivity contribution in [2.45, 2.75) is 51.1 Å². The minimum atomic E-state index is 0.0322. The van der Waals surface area contributed by atoms with E-state index in [9.17, 15) is 4.79 Å². The molecule has 0 saturated heterocycles. The number of tetrazole rings is 1. The molecule has 0 radical (unpaired) electrons. The molecule has 3 rings (SSSR count). The number of nitrogens with one attached hydrogen (secondary N) is 1. The third kappa shape index (κ3) is 3.69. The van der Waals surface area contributed by atoms with Crippen LogP contribution in [0.4, 0.5) is 0 Å². The predicted octanol–water partition coefficient (Wildman–Crippen LogP) is 2.04. The van der Waals surface area contributed by atoms with Gasteiger partial charge in [-0.3, -0.25) is 4.79 Å². The summed E-state index contributed by atoms with van der Waals surface area (Å²) in [6.45, 7) is 0.400. The number of nitrogens with zero attached hydrogens (tertiary/aromatic N) is 4. The highest BCUT2D eigenvalue weighted by Crippen LogP contribution is 2.28. The van der Waals surface area contributed by atoms with Crippen LogP contribution in [-0.4, -0.2) is 26.1 Å². The maximum atomic E-state index is 12.0. The maximum absolute atomic E-state index is 12.0. The Hall–Kier alpha value is -2.24. The van der Waals surface area contributed by atoms with Gasteiger partial charge in [0.1, 0.15) is 0 Å². The van der Waals surface area contributed by atoms with Gasteiger partial charge in [-0.2, -0.15) is 0 Å². The number of benzene rings is 1. The van der Waals surface area contributed by atoms with Crippen LogP contribution in [0.1, 0.15) is 49.5 Å². The molecule has 0 bridgehead atoms. The Bertz CT molecular complexity index is 604. The lowest BCUT2D eigenvalue weighted by molar-refractivity contribution is -0.121. The highest BCUT2D eigenvalue weighted by atomic mass is 16.1.